The van der Waals surface area contributed by atoms with Crippen LogP contribution in [0.25, 0.3) is 12.2 Å². The molecule has 2 atom stereocenters. The normalized spacial score (nSPS) is 14.4. The molecular formula is C43H47F6N3O6. The van der Waals surface area contributed by atoms with Crippen molar-refractivity contribution in [3.63, 3.8) is 0 Å². The first kappa shape index (κ1) is 48.2. The highest BCUT2D eigenvalue weighted by molar-refractivity contribution is 5.95. The van der Waals surface area contributed by atoms with E-state index in [0.29, 0.717) is 35.9 Å². The van der Waals surface area contributed by atoms with Gasteiger partial charge >= 0.3 is 0 Å². The molecule has 1 saturated heterocycles. The number of ketones is 1. The SMILES string of the molecule is C.CC(=Cc1c(F)cc(F)cc1F)[N+](=O)[O-].CC(=Cc1ccc(C)cc1)N1CCOCC1.CC(=O)C(c1ccc(C)cc1)C(/C(C)=[N+](\[O-])O)c1c(F)cc(F)cc1F. The molecule has 9 nitrogen and oxygen atoms in total. The van der Waals surface area contributed by atoms with Crippen LogP contribution in [0.5, 0.6) is 0 Å². The van der Waals surface area contributed by atoms with Crippen molar-refractivity contribution >= 4 is 23.6 Å². The maximum Gasteiger partial charge on any atom is 0.244 e. The third-order valence-electron chi connectivity index (χ3n) is 8.96. The number of benzene rings is 4. The molecule has 15 heteroatoms. The molecule has 0 spiro atoms. The van der Waals surface area contributed by atoms with Crippen molar-refractivity contribution in [2.45, 2.75) is 60.8 Å². The summed E-state index contributed by atoms with van der Waals surface area (Å²) in [5, 5.41) is 31.0. The van der Waals surface area contributed by atoms with E-state index >= 15 is 0 Å². The lowest BCUT2D eigenvalue weighted by Crippen LogP contribution is -2.34. The van der Waals surface area contributed by atoms with E-state index in [4.69, 9.17) is 4.74 Å². The number of carbonyl (C=O) groups excluding carboxylic acids is 1. The summed E-state index contributed by atoms with van der Waals surface area (Å²) in [4.78, 5) is 23.6. The second-order valence-corrected chi connectivity index (χ2v) is 13.3. The number of ether oxygens (including phenoxy) is 1. The van der Waals surface area contributed by atoms with E-state index in [1.54, 1.807) is 24.3 Å². The van der Waals surface area contributed by atoms with Crippen molar-refractivity contribution in [3.05, 3.63) is 168 Å². The Balaban J connectivity index is 0.000000314. The summed E-state index contributed by atoms with van der Waals surface area (Å²) < 4.78 is 85.8. The van der Waals surface area contributed by atoms with Crippen LogP contribution in [-0.2, 0) is 9.53 Å². The Bertz CT molecular complexity index is 2080. The summed E-state index contributed by atoms with van der Waals surface area (Å²) in [7, 11) is 0. The number of nitro groups is 1. The smallest absolute Gasteiger partial charge is 0.244 e. The lowest BCUT2D eigenvalue weighted by Gasteiger charge is -2.29. The minimum atomic E-state index is -1.45. The quantitative estimate of drug-likeness (QED) is 0.0446. The molecule has 1 N–H and O–H groups in total. The first-order valence-electron chi connectivity index (χ1n) is 17.6. The van der Waals surface area contributed by atoms with Gasteiger partial charge in [-0.15, -0.1) is 0 Å². The van der Waals surface area contributed by atoms with Crippen LogP contribution in [0.1, 0.15) is 80.3 Å². The molecular weight excluding hydrogens is 768 g/mol. The Labute approximate surface area is 333 Å². The number of allylic oxidation sites excluding steroid dienone is 2. The Hall–Kier alpha value is -5.96. The number of halogens is 6. The van der Waals surface area contributed by atoms with Gasteiger partial charge in [0.25, 0.3) is 0 Å². The van der Waals surface area contributed by atoms with Gasteiger partial charge in [0, 0.05) is 73.4 Å². The largest absolute Gasteiger partial charge is 0.418 e. The molecule has 4 aromatic carbocycles. The zero-order valence-electron chi connectivity index (χ0n) is 32.2. The molecule has 0 bridgehead atoms. The minimum Gasteiger partial charge on any atom is -0.418 e. The molecule has 312 valence electrons. The van der Waals surface area contributed by atoms with Crippen LogP contribution < -0.4 is 0 Å². The predicted octanol–water partition coefficient (Wildman–Crippen LogP) is 10.3. The van der Waals surface area contributed by atoms with E-state index in [1.165, 1.54) is 23.7 Å². The molecule has 4 aromatic rings. The first-order valence-corrected chi connectivity index (χ1v) is 17.6. The second kappa shape index (κ2) is 22.1. The van der Waals surface area contributed by atoms with Gasteiger partial charge in [-0.3, -0.25) is 20.1 Å². The van der Waals surface area contributed by atoms with Crippen molar-refractivity contribution in [1.29, 1.82) is 0 Å². The highest BCUT2D eigenvalue weighted by atomic mass is 19.2. The van der Waals surface area contributed by atoms with Gasteiger partial charge in [-0.2, -0.15) is 0 Å². The summed E-state index contributed by atoms with van der Waals surface area (Å²) in [5.41, 5.74) is 3.13. The highest BCUT2D eigenvalue weighted by Crippen LogP contribution is 2.38. The van der Waals surface area contributed by atoms with Gasteiger partial charge in [0.1, 0.15) is 40.7 Å². The van der Waals surface area contributed by atoms with Gasteiger partial charge in [-0.05, 0) is 44.9 Å². The molecule has 0 amide bonds. The summed E-state index contributed by atoms with van der Waals surface area (Å²) in [6.07, 6.45) is 2.95. The average Bonchev–Trinajstić information content (AvgIpc) is 3.14. The van der Waals surface area contributed by atoms with E-state index < -0.39 is 84.9 Å². The van der Waals surface area contributed by atoms with E-state index in [9.17, 15) is 51.7 Å². The summed E-state index contributed by atoms with van der Waals surface area (Å²) in [6, 6.07) is 17.1. The lowest BCUT2D eigenvalue weighted by molar-refractivity contribution is -0.727. The van der Waals surface area contributed by atoms with Gasteiger partial charge in [0.15, 0.2) is 0 Å². The number of morpholine rings is 1. The minimum absolute atomic E-state index is 0. The fourth-order valence-corrected chi connectivity index (χ4v) is 5.89. The topological polar surface area (TPSA) is 119 Å². The van der Waals surface area contributed by atoms with Crippen molar-refractivity contribution in [1.82, 2.24) is 4.90 Å². The van der Waals surface area contributed by atoms with Crippen molar-refractivity contribution in [3.8, 4) is 0 Å². The molecule has 1 heterocycles. The molecule has 1 aliphatic heterocycles. The molecule has 0 aromatic heterocycles. The van der Waals surface area contributed by atoms with Crippen LogP contribution in [-0.4, -0.2) is 57.7 Å². The monoisotopic (exact) mass is 815 g/mol. The van der Waals surface area contributed by atoms with Gasteiger partial charge in [0.2, 0.25) is 11.4 Å². The van der Waals surface area contributed by atoms with Crippen LogP contribution in [0.15, 0.2) is 84.2 Å². The number of carbonyl (C=O) groups is 1. The second-order valence-electron chi connectivity index (χ2n) is 13.3. The van der Waals surface area contributed by atoms with Crippen molar-refractivity contribution in [2.24, 2.45) is 0 Å². The molecule has 2 unspecified atom stereocenters. The van der Waals surface area contributed by atoms with Crippen LogP contribution in [0.3, 0.4) is 0 Å². The molecule has 58 heavy (non-hydrogen) atoms. The maximum absolute atomic E-state index is 14.4. The third kappa shape index (κ3) is 13.6. The van der Waals surface area contributed by atoms with Crippen LogP contribution in [0.4, 0.5) is 26.3 Å². The molecule has 0 radical (unpaired) electrons. The lowest BCUT2D eigenvalue weighted by atomic mass is 9.76. The van der Waals surface area contributed by atoms with Crippen molar-refractivity contribution < 1.29 is 50.9 Å². The van der Waals surface area contributed by atoms with Crippen LogP contribution in [0, 0.1) is 64.1 Å². The standard InChI is InChI=1S/C19H18F3NO3.C14H19NO.C9H6F3NO2.CH4/c1-10-4-6-13(7-5-10)18(12(3)24)17(11(2)23(25)26)19-15(21)8-14(20)9-16(19)22;1-12-3-5-14(6-4-12)11-13(2)15-7-9-16-10-8-15;1-5(13(14)15)2-7-8(11)3-6(10)4-9(7)12;/h4-9,17-18H,1-3H3,(H,25,26);3-6,11H,7-10H2,1-2H3;2-4H,1H3;1H4. The highest BCUT2D eigenvalue weighted by Gasteiger charge is 2.39. The van der Waals surface area contributed by atoms with E-state index in [2.05, 4.69) is 49.1 Å². The zero-order valence-corrected chi connectivity index (χ0v) is 32.2. The average molecular weight is 816 g/mol. The Morgan fingerprint density at radius 1 is 0.741 bits per heavy atom. The fourth-order valence-electron chi connectivity index (χ4n) is 5.89. The van der Waals surface area contributed by atoms with Gasteiger partial charge in [-0.25, -0.2) is 26.3 Å². The Morgan fingerprint density at radius 3 is 1.62 bits per heavy atom. The molecule has 5 rings (SSSR count). The van der Waals surface area contributed by atoms with Crippen LogP contribution in [0.2, 0.25) is 0 Å². The number of aryl methyl sites for hydroxylation is 2. The maximum atomic E-state index is 14.4. The molecule has 0 aliphatic carbocycles. The summed E-state index contributed by atoms with van der Waals surface area (Å²) in [6.45, 7) is 13.3. The predicted molar refractivity (Wildman–Crippen MR) is 211 cm³/mol. The van der Waals surface area contributed by atoms with Gasteiger partial charge < -0.3 is 14.8 Å². The molecule has 1 fully saturated rings. The zero-order chi connectivity index (χ0) is 42.6. The third-order valence-corrected chi connectivity index (χ3v) is 8.96. The Kier molecular flexibility index (Phi) is 18.4. The number of hydrogen-bond donors (Lipinski definition) is 1. The van der Waals surface area contributed by atoms with E-state index in [1.807, 2.05) is 6.92 Å². The van der Waals surface area contributed by atoms with E-state index in [0.717, 1.165) is 45.7 Å². The summed E-state index contributed by atoms with van der Waals surface area (Å²) >= 11 is 0. The fraction of sp³-hybridized carbons (Fsp3) is 0.302. The van der Waals surface area contributed by atoms with Gasteiger partial charge in [0.05, 0.1) is 35.5 Å². The number of Topliss-reactive ketones (excluding diaryl/α,β-unsaturated/α-hetero) is 1. The first-order chi connectivity index (χ1) is 26.8. The number of rotatable bonds is 9. The van der Waals surface area contributed by atoms with Crippen molar-refractivity contribution in [2.75, 3.05) is 26.3 Å². The van der Waals surface area contributed by atoms with Gasteiger partial charge in [-0.1, -0.05) is 67.1 Å². The Morgan fingerprint density at radius 2 is 1.19 bits per heavy atom. The van der Waals surface area contributed by atoms with E-state index in [-0.39, 0.29) is 7.43 Å². The van der Waals surface area contributed by atoms with Crippen LogP contribution >= 0.6 is 0 Å². The number of hydrogen-bond acceptors (Lipinski definition) is 7. The summed E-state index contributed by atoms with van der Waals surface area (Å²) in [5.74, 6) is -10.1. The molecule has 1 aliphatic rings. The number of nitrogens with zero attached hydrogens (tertiary/aromatic N) is 3. The molecule has 0 saturated carbocycles.